The fourth-order valence-electron chi connectivity index (χ4n) is 2.32. The molecule has 1 fully saturated rings. The Morgan fingerprint density at radius 1 is 1.21 bits per heavy atom. The van der Waals surface area contributed by atoms with Crippen molar-refractivity contribution in [2.75, 3.05) is 24.5 Å². The van der Waals surface area contributed by atoms with Crippen LogP contribution in [0.15, 0.2) is 6.07 Å². The highest BCUT2D eigenvalue weighted by atomic mass is 19.2. The monoisotopic (exact) mass is 276 g/mol. The van der Waals surface area contributed by atoms with Gasteiger partial charge in [0, 0.05) is 25.2 Å². The number of halogens is 4. The van der Waals surface area contributed by atoms with E-state index in [0.29, 0.717) is 19.5 Å². The second-order valence-corrected chi connectivity index (χ2v) is 4.70. The third kappa shape index (κ3) is 2.83. The maximum Gasteiger partial charge on any atom is 0.185 e. The molecule has 2 nitrogen and oxygen atoms in total. The van der Waals surface area contributed by atoms with Gasteiger partial charge in [0.15, 0.2) is 23.3 Å². The molecule has 1 aliphatic rings. The molecule has 0 bridgehead atoms. The van der Waals surface area contributed by atoms with Gasteiger partial charge in [-0.15, -0.1) is 0 Å². The van der Waals surface area contributed by atoms with Gasteiger partial charge in [0.25, 0.3) is 0 Å². The Hall–Kier alpha value is -1.30. The highest BCUT2D eigenvalue weighted by molar-refractivity contribution is 5.51. The van der Waals surface area contributed by atoms with Crippen LogP contribution in [0, 0.1) is 23.3 Å². The summed E-state index contributed by atoms with van der Waals surface area (Å²) in [6.45, 7) is 3.54. The summed E-state index contributed by atoms with van der Waals surface area (Å²) in [6, 6.07) is 0.321. The van der Waals surface area contributed by atoms with Crippen molar-refractivity contribution in [1.82, 2.24) is 5.32 Å². The van der Waals surface area contributed by atoms with Gasteiger partial charge in [-0.1, -0.05) is 6.92 Å². The van der Waals surface area contributed by atoms with Crippen LogP contribution in [0.1, 0.15) is 19.8 Å². The topological polar surface area (TPSA) is 15.3 Å². The molecule has 0 saturated carbocycles. The van der Waals surface area contributed by atoms with Gasteiger partial charge in [-0.3, -0.25) is 0 Å². The zero-order valence-corrected chi connectivity index (χ0v) is 10.6. The second-order valence-electron chi connectivity index (χ2n) is 4.70. The van der Waals surface area contributed by atoms with Gasteiger partial charge in [0.05, 0.1) is 0 Å². The van der Waals surface area contributed by atoms with Gasteiger partial charge < -0.3 is 10.2 Å². The van der Waals surface area contributed by atoms with E-state index in [1.54, 1.807) is 0 Å². The quantitative estimate of drug-likeness (QED) is 0.672. The highest BCUT2D eigenvalue weighted by Crippen LogP contribution is 2.30. The Kier molecular flexibility index (Phi) is 4.29. The minimum Gasteiger partial charge on any atom is -0.365 e. The molecule has 0 spiro atoms. The third-order valence-electron chi connectivity index (χ3n) is 3.28. The van der Waals surface area contributed by atoms with Gasteiger partial charge in [-0.05, 0) is 19.4 Å². The first-order valence-electron chi connectivity index (χ1n) is 6.36. The number of hydrogen-bond donors (Lipinski definition) is 1. The van der Waals surface area contributed by atoms with Crippen LogP contribution >= 0.6 is 0 Å². The van der Waals surface area contributed by atoms with Gasteiger partial charge in [0.1, 0.15) is 5.69 Å². The molecule has 6 heteroatoms. The molecule has 0 aromatic heterocycles. The smallest absolute Gasteiger partial charge is 0.185 e. The largest absolute Gasteiger partial charge is 0.365 e. The Labute approximate surface area is 109 Å². The van der Waals surface area contributed by atoms with Crippen molar-refractivity contribution < 1.29 is 17.6 Å². The fourth-order valence-corrected chi connectivity index (χ4v) is 2.32. The van der Waals surface area contributed by atoms with Crippen LogP contribution in [-0.4, -0.2) is 25.7 Å². The Morgan fingerprint density at radius 3 is 2.42 bits per heavy atom. The molecule has 19 heavy (non-hydrogen) atoms. The maximum absolute atomic E-state index is 13.6. The molecule has 1 aromatic carbocycles. The predicted octanol–water partition coefficient (Wildman–Crippen LogP) is 2.82. The van der Waals surface area contributed by atoms with Gasteiger partial charge in [0.2, 0.25) is 0 Å². The van der Waals surface area contributed by atoms with Crippen LogP contribution in [0.2, 0.25) is 0 Å². The first kappa shape index (κ1) is 14.1. The average molecular weight is 276 g/mol. The summed E-state index contributed by atoms with van der Waals surface area (Å²) >= 11 is 0. The van der Waals surface area contributed by atoms with E-state index >= 15 is 0 Å². The van der Waals surface area contributed by atoms with Crippen molar-refractivity contribution in [3.63, 3.8) is 0 Å². The zero-order chi connectivity index (χ0) is 14.0. The Morgan fingerprint density at radius 2 is 1.84 bits per heavy atom. The predicted molar refractivity (Wildman–Crippen MR) is 65.2 cm³/mol. The van der Waals surface area contributed by atoms with Crippen molar-refractivity contribution in [2.45, 2.75) is 25.8 Å². The molecule has 0 amide bonds. The SMILES string of the molecule is CCCNC1CCN(c2c(F)c(F)cc(F)c2F)C1. The number of rotatable bonds is 4. The summed E-state index contributed by atoms with van der Waals surface area (Å²) in [6.07, 6.45) is 1.64. The van der Waals surface area contributed by atoms with Crippen molar-refractivity contribution in [2.24, 2.45) is 0 Å². The van der Waals surface area contributed by atoms with Crippen LogP contribution in [-0.2, 0) is 0 Å². The lowest BCUT2D eigenvalue weighted by atomic mass is 10.2. The molecule has 1 unspecified atom stereocenters. The molecule has 106 valence electrons. The van der Waals surface area contributed by atoms with Crippen molar-refractivity contribution >= 4 is 5.69 Å². The lowest BCUT2D eigenvalue weighted by Gasteiger charge is -2.20. The number of nitrogens with zero attached hydrogens (tertiary/aromatic N) is 1. The first-order chi connectivity index (χ1) is 9.04. The lowest BCUT2D eigenvalue weighted by Crippen LogP contribution is -2.33. The summed E-state index contributed by atoms with van der Waals surface area (Å²) in [5.41, 5.74) is -0.599. The summed E-state index contributed by atoms with van der Waals surface area (Å²) in [4.78, 5) is 1.35. The highest BCUT2D eigenvalue weighted by Gasteiger charge is 2.29. The standard InChI is InChI=1S/C13H16F4N2/c1-2-4-18-8-3-5-19(7-8)13-11(16)9(14)6-10(15)12(13)17/h6,8,18H,2-5,7H2,1H3. The first-order valence-corrected chi connectivity index (χ1v) is 6.36. The summed E-state index contributed by atoms with van der Waals surface area (Å²) in [5, 5.41) is 3.23. The minimum atomic E-state index is -1.36. The Bertz CT molecular complexity index is 438. The molecule has 1 aromatic rings. The summed E-state index contributed by atoms with van der Waals surface area (Å²) in [7, 11) is 0. The van der Waals surface area contributed by atoms with E-state index in [1.807, 2.05) is 6.92 Å². The van der Waals surface area contributed by atoms with Crippen LogP contribution in [0.5, 0.6) is 0 Å². The van der Waals surface area contributed by atoms with Crippen LogP contribution in [0.25, 0.3) is 0 Å². The van der Waals surface area contributed by atoms with Crippen LogP contribution in [0.3, 0.4) is 0 Å². The van der Waals surface area contributed by atoms with E-state index < -0.39 is 29.0 Å². The summed E-state index contributed by atoms with van der Waals surface area (Å²) in [5.74, 6) is -5.37. The molecule has 1 atom stereocenters. The van der Waals surface area contributed by atoms with E-state index in [9.17, 15) is 17.6 Å². The van der Waals surface area contributed by atoms with E-state index in [2.05, 4.69) is 5.32 Å². The van der Waals surface area contributed by atoms with E-state index in [0.717, 1.165) is 13.0 Å². The van der Waals surface area contributed by atoms with E-state index in [-0.39, 0.29) is 12.1 Å². The van der Waals surface area contributed by atoms with E-state index in [4.69, 9.17) is 0 Å². The number of nitrogens with one attached hydrogen (secondary N) is 1. The number of benzene rings is 1. The van der Waals surface area contributed by atoms with E-state index in [1.165, 1.54) is 4.90 Å². The molecule has 1 aliphatic heterocycles. The minimum absolute atomic E-state index is 0.0880. The van der Waals surface area contributed by atoms with Gasteiger partial charge in [-0.25, -0.2) is 17.6 Å². The third-order valence-corrected chi connectivity index (χ3v) is 3.28. The van der Waals surface area contributed by atoms with Crippen LogP contribution < -0.4 is 10.2 Å². The molecule has 1 saturated heterocycles. The lowest BCUT2D eigenvalue weighted by molar-refractivity contribution is 0.452. The van der Waals surface area contributed by atoms with Gasteiger partial charge >= 0.3 is 0 Å². The molecular weight excluding hydrogens is 260 g/mol. The second kappa shape index (κ2) is 5.77. The fraction of sp³-hybridized carbons (Fsp3) is 0.538. The molecule has 0 aliphatic carbocycles. The van der Waals surface area contributed by atoms with Crippen LogP contribution in [0.4, 0.5) is 23.2 Å². The Balaban J connectivity index is 2.19. The van der Waals surface area contributed by atoms with Crippen molar-refractivity contribution in [3.8, 4) is 0 Å². The maximum atomic E-state index is 13.6. The van der Waals surface area contributed by atoms with Crippen molar-refractivity contribution in [1.29, 1.82) is 0 Å². The zero-order valence-electron chi connectivity index (χ0n) is 10.6. The van der Waals surface area contributed by atoms with Gasteiger partial charge in [-0.2, -0.15) is 0 Å². The summed E-state index contributed by atoms with van der Waals surface area (Å²) < 4.78 is 53.6. The van der Waals surface area contributed by atoms with Crippen molar-refractivity contribution in [3.05, 3.63) is 29.3 Å². The molecular formula is C13H16F4N2. The molecule has 1 heterocycles. The average Bonchev–Trinajstić information content (AvgIpc) is 2.83. The molecule has 1 N–H and O–H groups in total. The molecule has 2 rings (SSSR count). The number of anilines is 1. The number of hydrogen-bond acceptors (Lipinski definition) is 2. The molecule has 0 radical (unpaired) electrons. The normalized spacial score (nSPS) is 19.2.